The van der Waals surface area contributed by atoms with Crippen molar-refractivity contribution in [1.82, 2.24) is 5.32 Å². The maximum atomic E-state index is 11.8. The minimum absolute atomic E-state index is 0.0327. The molecule has 0 aromatic heterocycles. The molecule has 0 spiro atoms. The molecule has 0 bridgehead atoms. The van der Waals surface area contributed by atoms with Crippen LogP contribution in [0.25, 0.3) is 0 Å². The summed E-state index contributed by atoms with van der Waals surface area (Å²) in [5.74, 6) is 0.533. The molecule has 0 aromatic carbocycles. The van der Waals surface area contributed by atoms with Crippen LogP contribution >= 0.6 is 0 Å². The molecule has 0 heterocycles. The molecule has 0 saturated heterocycles. The van der Waals surface area contributed by atoms with E-state index in [0.29, 0.717) is 25.6 Å². The molecule has 4 heteroatoms. The van der Waals surface area contributed by atoms with Crippen LogP contribution in [0.15, 0.2) is 0 Å². The number of aliphatic hydroxyl groups excluding tert-OH is 1. The molecule has 2 N–H and O–H groups in total. The lowest BCUT2D eigenvalue weighted by molar-refractivity contribution is -0.123. The zero-order chi connectivity index (χ0) is 13.6. The molecule has 0 aromatic rings. The lowest BCUT2D eigenvalue weighted by Crippen LogP contribution is -2.45. The lowest BCUT2D eigenvalue weighted by atomic mass is 9.86. The van der Waals surface area contributed by atoms with E-state index in [4.69, 9.17) is 4.74 Å². The second-order valence-corrected chi connectivity index (χ2v) is 6.04. The van der Waals surface area contributed by atoms with Crippen LogP contribution in [-0.4, -0.2) is 36.9 Å². The average molecular weight is 257 g/mol. The maximum absolute atomic E-state index is 11.8. The van der Waals surface area contributed by atoms with Gasteiger partial charge in [-0.3, -0.25) is 4.79 Å². The number of nitrogens with one attached hydrogen (secondary N) is 1. The Bertz CT molecular complexity index is 268. The topological polar surface area (TPSA) is 58.6 Å². The lowest BCUT2D eigenvalue weighted by Gasteiger charge is -2.30. The molecule has 2 atom stereocenters. The maximum Gasteiger partial charge on any atom is 0.222 e. The van der Waals surface area contributed by atoms with Crippen molar-refractivity contribution in [3.05, 3.63) is 0 Å². The molecule has 1 rings (SSSR count). The van der Waals surface area contributed by atoms with Crippen molar-refractivity contribution in [2.24, 2.45) is 11.3 Å². The van der Waals surface area contributed by atoms with Crippen molar-refractivity contribution >= 4 is 5.91 Å². The Morgan fingerprint density at radius 1 is 1.56 bits per heavy atom. The molecule has 0 radical (unpaired) electrons. The summed E-state index contributed by atoms with van der Waals surface area (Å²) >= 11 is 0. The average Bonchev–Trinajstić information content (AvgIpc) is 2.67. The molecule has 0 aliphatic heterocycles. The molecular formula is C14H27NO3. The van der Waals surface area contributed by atoms with Gasteiger partial charge in [0.15, 0.2) is 0 Å². The Hall–Kier alpha value is -0.610. The summed E-state index contributed by atoms with van der Waals surface area (Å²) in [6.07, 6.45) is 3.44. The Morgan fingerprint density at radius 3 is 2.89 bits per heavy atom. The van der Waals surface area contributed by atoms with Crippen molar-refractivity contribution in [3.8, 4) is 0 Å². The molecule has 18 heavy (non-hydrogen) atoms. The van der Waals surface area contributed by atoms with Crippen molar-refractivity contribution in [3.63, 3.8) is 0 Å². The van der Waals surface area contributed by atoms with Gasteiger partial charge in [0.25, 0.3) is 0 Å². The molecule has 1 amide bonds. The van der Waals surface area contributed by atoms with Gasteiger partial charge in [-0.15, -0.1) is 0 Å². The van der Waals surface area contributed by atoms with Gasteiger partial charge >= 0.3 is 0 Å². The van der Waals surface area contributed by atoms with Gasteiger partial charge in [-0.1, -0.05) is 27.2 Å². The van der Waals surface area contributed by atoms with Crippen molar-refractivity contribution in [2.45, 2.75) is 52.5 Å². The normalized spacial score (nSPS) is 27.7. The van der Waals surface area contributed by atoms with E-state index in [9.17, 15) is 9.90 Å². The van der Waals surface area contributed by atoms with Gasteiger partial charge < -0.3 is 15.2 Å². The number of rotatable bonds is 7. The fourth-order valence-corrected chi connectivity index (χ4v) is 2.42. The molecule has 106 valence electrons. The van der Waals surface area contributed by atoms with Gasteiger partial charge in [0.05, 0.1) is 13.2 Å². The molecule has 1 aliphatic carbocycles. The fourth-order valence-electron chi connectivity index (χ4n) is 2.42. The summed E-state index contributed by atoms with van der Waals surface area (Å²) in [6.45, 7) is 7.54. The first-order valence-corrected chi connectivity index (χ1v) is 6.96. The molecule has 2 unspecified atom stereocenters. The minimum Gasteiger partial charge on any atom is -0.396 e. The predicted molar refractivity (Wildman–Crippen MR) is 71.2 cm³/mol. The summed E-state index contributed by atoms with van der Waals surface area (Å²) in [5.41, 5.74) is -0.144. The third-order valence-electron chi connectivity index (χ3n) is 3.70. The summed E-state index contributed by atoms with van der Waals surface area (Å²) < 4.78 is 5.40. The monoisotopic (exact) mass is 257 g/mol. The number of amides is 1. The van der Waals surface area contributed by atoms with Gasteiger partial charge in [0.1, 0.15) is 0 Å². The summed E-state index contributed by atoms with van der Waals surface area (Å²) in [4.78, 5) is 11.8. The highest BCUT2D eigenvalue weighted by Crippen LogP contribution is 2.37. The van der Waals surface area contributed by atoms with E-state index in [2.05, 4.69) is 19.2 Å². The smallest absolute Gasteiger partial charge is 0.222 e. The fraction of sp³-hybridized carbons (Fsp3) is 0.929. The van der Waals surface area contributed by atoms with Gasteiger partial charge in [0.2, 0.25) is 5.91 Å². The number of hydrogen-bond donors (Lipinski definition) is 2. The van der Waals surface area contributed by atoms with Gasteiger partial charge in [0, 0.05) is 24.5 Å². The number of carbonyl (C=O) groups is 1. The van der Waals surface area contributed by atoms with Crippen LogP contribution in [0, 0.1) is 11.3 Å². The van der Waals surface area contributed by atoms with E-state index in [1.807, 2.05) is 6.92 Å². The number of ether oxygens (including phenoxy) is 1. The highest BCUT2D eigenvalue weighted by molar-refractivity contribution is 5.76. The van der Waals surface area contributed by atoms with Crippen LogP contribution in [0.3, 0.4) is 0 Å². The number of carbonyl (C=O) groups excluding carboxylic acids is 1. The van der Waals surface area contributed by atoms with Crippen LogP contribution in [-0.2, 0) is 9.53 Å². The first-order valence-electron chi connectivity index (χ1n) is 6.96. The number of aliphatic hydroxyl groups is 1. The van der Waals surface area contributed by atoms with Crippen molar-refractivity contribution in [1.29, 1.82) is 0 Å². The molecule has 1 aliphatic rings. The first-order chi connectivity index (χ1) is 8.48. The van der Waals surface area contributed by atoms with E-state index >= 15 is 0 Å². The van der Waals surface area contributed by atoms with Crippen LogP contribution in [0.1, 0.15) is 46.5 Å². The Labute approximate surface area is 110 Å². The van der Waals surface area contributed by atoms with Crippen LogP contribution in [0.5, 0.6) is 0 Å². The Morgan fingerprint density at radius 2 is 2.28 bits per heavy atom. The Balaban J connectivity index is 2.23. The van der Waals surface area contributed by atoms with Crippen molar-refractivity contribution in [2.75, 3.05) is 19.8 Å². The SMILES string of the molecule is CC(C)COCCC(=O)NC1CCCC1(C)CO. The van der Waals surface area contributed by atoms with Gasteiger partial charge in [-0.25, -0.2) is 0 Å². The first kappa shape index (κ1) is 15.4. The number of hydrogen-bond acceptors (Lipinski definition) is 3. The van der Waals surface area contributed by atoms with E-state index < -0.39 is 0 Å². The van der Waals surface area contributed by atoms with Gasteiger partial charge in [-0.2, -0.15) is 0 Å². The summed E-state index contributed by atoms with van der Waals surface area (Å²) in [7, 11) is 0. The van der Waals surface area contributed by atoms with Crippen LogP contribution < -0.4 is 5.32 Å². The van der Waals surface area contributed by atoms with Crippen LogP contribution in [0.2, 0.25) is 0 Å². The van der Waals surface area contributed by atoms with E-state index in [1.54, 1.807) is 0 Å². The quantitative estimate of drug-likeness (QED) is 0.683. The third-order valence-corrected chi connectivity index (χ3v) is 3.70. The zero-order valence-electron chi connectivity index (χ0n) is 11.9. The summed E-state index contributed by atoms with van der Waals surface area (Å²) in [5, 5.41) is 12.4. The molecule has 4 nitrogen and oxygen atoms in total. The second kappa shape index (κ2) is 7.10. The highest BCUT2D eigenvalue weighted by atomic mass is 16.5. The molecular weight excluding hydrogens is 230 g/mol. The predicted octanol–water partition coefficient (Wildman–Crippen LogP) is 1.72. The standard InChI is InChI=1S/C14H27NO3/c1-11(2)9-18-8-6-13(17)15-12-5-4-7-14(12,3)10-16/h11-12,16H,4-10H2,1-3H3,(H,15,17). The van der Waals surface area contributed by atoms with E-state index in [-0.39, 0.29) is 24.0 Å². The van der Waals surface area contributed by atoms with Gasteiger partial charge in [-0.05, 0) is 18.8 Å². The largest absolute Gasteiger partial charge is 0.396 e. The summed E-state index contributed by atoms with van der Waals surface area (Å²) in [6, 6.07) is 0.111. The second-order valence-electron chi connectivity index (χ2n) is 6.04. The molecule has 1 fully saturated rings. The Kier molecular flexibility index (Phi) is 6.09. The van der Waals surface area contributed by atoms with Crippen LogP contribution in [0.4, 0.5) is 0 Å². The van der Waals surface area contributed by atoms with E-state index in [0.717, 1.165) is 19.3 Å². The minimum atomic E-state index is -0.144. The third kappa shape index (κ3) is 4.58. The highest BCUT2D eigenvalue weighted by Gasteiger charge is 2.38. The van der Waals surface area contributed by atoms with Crippen molar-refractivity contribution < 1.29 is 14.6 Å². The van der Waals surface area contributed by atoms with E-state index in [1.165, 1.54) is 0 Å². The zero-order valence-corrected chi connectivity index (χ0v) is 11.9. The molecule has 1 saturated carbocycles.